The Labute approximate surface area is 160 Å². The van der Waals surface area contributed by atoms with Crippen LogP contribution in [-0.4, -0.2) is 70.9 Å². The van der Waals surface area contributed by atoms with Gasteiger partial charge in [0, 0.05) is 25.0 Å². The fourth-order valence-corrected chi connectivity index (χ4v) is 3.83. The molecule has 2 amide bonds. The van der Waals surface area contributed by atoms with Gasteiger partial charge in [-0.1, -0.05) is 12.7 Å². The lowest BCUT2D eigenvalue weighted by molar-refractivity contribution is -0.146. The average Bonchev–Trinajstić information content (AvgIpc) is 2.58. The van der Waals surface area contributed by atoms with E-state index < -0.39 is 23.7 Å². The number of ether oxygens (including phenoxy) is 2. The molecule has 1 spiro atoms. The maximum Gasteiger partial charge on any atom is 0.410 e. The molecule has 2 aliphatic heterocycles. The molecule has 8 heteroatoms. The molecule has 0 aromatic heterocycles. The Morgan fingerprint density at radius 2 is 1.93 bits per heavy atom. The van der Waals surface area contributed by atoms with Crippen molar-refractivity contribution in [2.45, 2.75) is 58.1 Å². The van der Waals surface area contributed by atoms with E-state index in [0.717, 1.165) is 12.8 Å². The molecule has 2 unspecified atom stereocenters. The maximum atomic E-state index is 12.5. The fourth-order valence-electron chi connectivity index (χ4n) is 3.83. The Bertz CT molecular complexity index is 599. The third-order valence-corrected chi connectivity index (χ3v) is 4.99. The van der Waals surface area contributed by atoms with E-state index in [9.17, 15) is 19.5 Å². The monoisotopic (exact) mass is 382 g/mol. The molecular weight excluding hydrogens is 352 g/mol. The first kappa shape index (κ1) is 21.1. The van der Waals surface area contributed by atoms with Crippen LogP contribution in [0.3, 0.4) is 0 Å². The van der Waals surface area contributed by atoms with Crippen molar-refractivity contribution in [1.82, 2.24) is 9.80 Å². The first-order chi connectivity index (χ1) is 12.6. The summed E-state index contributed by atoms with van der Waals surface area (Å²) in [7, 11) is 0. The van der Waals surface area contributed by atoms with Gasteiger partial charge in [0.15, 0.2) is 0 Å². The number of carboxylic acid groups (broad SMARTS) is 1. The molecule has 0 bridgehead atoms. The van der Waals surface area contributed by atoms with E-state index >= 15 is 0 Å². The van der Waals surface area contributed by atoms with Gasteiger partial charge in [0.25, 0.3) is 0 Å². The highest BCUT2D eigenvalue weighted by atomic mass is 16.6. The summed E-state index contributed by atoms with van der Waals surface area (Å²) in [5, 5.41) is 9.48. The summed E-state index contributed by atoms with van der Waals surface area (Å²) >= 11 is 0. The van der Waals surface area contributed by atoms with Crippen molar-refractivity contribution >= 4 is 18.2 Å². The molecule has 0 aromatic rings. The minimum Gasteiger partial charge on any atom is -0.480 e. The van der Waals surface area contributed by atoms with Gasteiger partial charge in [-0.25, -0.2) is 14.4 Å². The molecular formula is C19H30N2O6. The van der Waals surface area contributed by atoms with E-state index in [1.165, 1.54) is 11.0 Å². The van der Waals surface area contributed by atoms with Gasteiger partial charge in [-0.15, -0.1) is 0 Å². The van der Waals surface area contributed by atoms with Gasteiger partial charge in [0.05, 0.1) is 0 Å². The minimum atomic E-state index is -1.04. The summed E-state index contributed by atoms with van der Waals surface area (Å²) in [5.74, 6) is -1.04. The van der Waals surface area contributed by atoms with Gasteiger partial charge in [-0.3, -0.25) is 4.90 Å². The Kier molecular flexibility index (Phi) is 6.38. The number of carboxylic acids is 1. The summed E-state index contributed by atoms with van der Waals surface area (Å²) in [4.78, 5) is 39.4. The molecule has 2 atom stereocenters. The third kappa shape index (κ3) is 5.37. The van der Waals surface area contributed by atoms with Crippen LogP contribution < -0.4 is 0 Å². The van der Waals surface area contributed by atoms with Gasteiger partial charge >= 0.3 is 18.2 Å². The molecule has 2 saturated heterocycles. The van der Waals surface area contributed by atoms with Crippen molar-refractivity contribution in [3.05, 3.63) is 12.7 Å². The fraction of sp³-hybridized carbons (Fsp3) is 0.737. The lowest BCUT2D eigenvalue weighted by atomic mass is 9.72. The highest BCUT2D eigenvalue weighted by Gasteiger charge is 2.47. The van der Waals surface area contributed by atoms with Crippen LogP contribution >= 0.6 is 0 Å². The second-order valence-corrected chi connectivity index (χ2v) is 8.39. The van der Waals surface area contributed by atoms with Crippen LogP contribution in [0.1, 0.15) is 46.5 Å². The number of hydrogen-bond acceptors (Lipinski definition) is 5. The predicted octanol–water partition coefficient (Wildman–Crippen LogP) is 2.88. The predicted molar refractivity (Wildman–Crippen MR) is 98.4 cm³/mol. The molecule has 2 rings (SSSR count). The Morgan fingerprint density at radius 3 is 2.52 bits per heavy atom. The van der Waals surface area contributed by atoms with Gasteiger partial charge in [0.1, 0.15) is 18.2 Å². The smallest absolute Gasteiger partial charge is 0.410 e. The molecule has 0 aromatic carbocycles. The normalized spacial score (nSPS) is 25.8. The maximum absolute atomic E-state index is 12.5. The molecule has 152 valence electrons. The summed E-state index contributed by atoms with van der Waals surface area (Å²) in [6.07, 6.45) is 2.99. The molecule has 0 saturated carbocycles. The van der Waals surface area contributed by atoms with E-state index in [4.69, 9.17) is 9.47 Å². The van der Waals surface area contributed by atoms with Crippen LogP contribution in [-0.2, 0) is 14.3 Å². The molecule has 2 fully saturated rings. The van der Waals surface area contributed by atoms with E-state index in [-0.39, 0.29) is 24.7 Å². The topological polar surface area (TPSA) is 96.4 Å². The Morgan fingerprint density at radius 1 is 1.22 bits per heavy atom. The minimum absolute atomic E-state index is 0.0265. The van der Waals surface area contributed by atoms with E-state index in [1.54, 1.807) is 4.90 Å². The van der Waals surface area contributed by atoms with Gasteiger partial charge in [-0.05, 0) is 46.5 Å². The first-order valence-corrected chi connectivity index (χ1v) is 9.32. The van der Waals surface area contributed by atoms with E-state index in [2.05, 4.69) is 6.58 Å². The standard InChI is InChI=1S/C19H30N2O6/c1-5-11-26-17(25)21-13-19(9-7-14(21)15(22)23)8-6-10-20(12-19)16(24)27-18(2,3)4/h5,14H,1,6-13H2,2-4H3,(H,22,23). The molecule has 27 heavy (non-hydrogen) atoms. The van der Waals surface area contributed by atoms with Crippen LogP contribution in [0.25, 0.3) is 0 Å². The zero-order valence-corrected chi connectivity index (χ0v) is 16.4. The lowest BCUT2D eigenvalue weighted by Gasteiger charge is -2.49. The molecule has 2 heterocycles. The molecule has 0 radical (unpaired) electrons. The van der Waals surface area contributed by atoms with Crippen molar-refractivity contribution in [3.8, 4) is 0 Å². The lowest BCUT2D eigenvalue weighted by Crippen LogP contribution is -2.59. The zero-order chi connectivity index (χ0) is 20.2. The summed E-state index contributed by atoms with van der Waals surface area (Å²) in [5.41, 5.74) is -0.919. The Hall–Kier alpha value is -2.25. The van der Waals surface area contributed by atoms with E-state index in [1.807, 2.05) is 20.8 Å². The summed E-state index contributed by atoms with van der Waals surface area (Å²) < 4.78 is 10.6. The highest BCUT2D eigenvalue weighted by Crippen LogP contribution is 2.41. The molecule has 1 N–H and O–H groups in total. The number of nitrogens with zero attached hydrogens (tertiary/aromatic N) is 2. The van der Waals surface area contributed by atoms with Crippen LogP contribution in [0, 0.1) is 5.41 Å². The number of carbonyl (C=O) groups is 3. The number of carbonyl (C=O) groups excluding carboxylic acids is 2. The number of hydrogen-bond donors (Lipinski definition) is 1. The molecule has 8 nitrogen and oxygen atoms in total. The average molecular weight is 382 g/mol. The Balaban J connectivity index is 2.13. The SMILES string of the molecule is C=CCOC(=O)N1CC2(CCCN(C(=O)OC(C)(C)C)C2)CCC1C(=O)O. The summed E-state index contributed by atoms with van der Waals surface area (Å²) in [6, 6.07) is -0.912. The van der Waals surface area contributed by atoms with Gasteiger partial charge in [0.2, 0.25) is 0 Å². The van der Waals surface area contributed by atoms with Crippen LogP contribution in [0.5, 0.6) is 0 Å². The van der Waals surface area contributed by atoms with Crippen molar-refractivity contribution in [2.75, 3.05) is 26.2 Å². The largest absolute Gasteiger partial charge is 0.480 e. The number of aliphatic carboxylic acids is 1. The van der Waals surface area contributed by atoms with Gasteiger partial charge < -0.3 is 19.5 Å². The van der Waals surface area contributed by atoms with Crippen molar-refractivity contribution in [3.63, 3.8) is 0 Å². The van der Waals surface area contributed by atoms with E-state index in [0.29, 0.717) is 25.9 Å². The van der Waals surface area contributed by atoms with Crippen LogP contribution in [0.2, 0.25) is 0 Å². The second kappa shape index (κ2) is 8.19. The first-order valence-electron chi connectivity index (χ1n) is 9.32. The third-order valence-electron chi connectivity index (χ3n) is 4.99. The number of amides is 2. The zero-order valence-electron chi connectivity index (χ0n) is 16.4. The molecule has 0 aliphatic carbocycles. The second-order valence-electron chi connectivity index (χ2n) is 8.39. The number of rotatable bonds is 3. The summed E-state index contributed by atoms with van der Waals surface area (Å²) in [6.45, 7) is 10.3. The van der Waals surface area contributed by atoms with Crippen molar-refractivity contribution < 1.29 is 29.0 Å². The van der Waals surface area contributed by atoms with Gasteiger partial charge in [-0.2, -0.15) is 0 Å². The van der Waals surface area contributed by atoms with Crippen molar-refractivity contribution in [1.29, 1.82) is 0 Å². The van der Waals surface area contributed by atoms with Crippen LogP contribution in [0.4, 0.5) is 9.59 Å². The molecule has 2 aliphatic rings. The number of likely N-dealkylation sites (tertiary alicyclic amines) is 2. The van der Waals surface area contributed by atoms with Crippen molar-refractivity contribution in [2.24, 2.45) is 5.41 Å². The number of piperidine rings is 2. The van der Waals surface area contributed by atoms with Crippen LogP contribution in [0.15, 0.2) is 12.7 Å². The highest BCUT2D eigenvalue weighted by molar-refractivity contribution is 5.80. The quantitative estimate of drug-likeness (QED) is 0.754.